The van der Waals surface area contributed by atoms with Crippen molar-refractivity contribution in [2.45, 2.75) is 13.8 Å². The number of nitrogens with zero attached hydrogens (tertiary/aromatic N) is 3. The highest BCUT2D eigenvalue weighted by molar-refractivity contribution is 7.78. The third kappa shape index (κ3) is 4.69. The molecule has 1 aromatic rings. The third-order valence-electron chi connectivity index (χ3n) is 3.39. The summed E-state index contributed by atoms with van der Waals surface area (Å²) in [7, 11) is 0. The Kier molecular flexibility index (Phi) is 7.41. The van der Waals surface area contributed by atoms with E-state index < -0.39 is 0 Å². The Labute approximate surface area is 126 Å². The van der Waals surface area contributed by atoms with Gasteiger partial charge in [0.15, 0.2) is 0 Å². The van der Waals surface area contributed by atoms with Crippen LogP contribution in [0.15, 0.2) is 29.3 Å². The van der Waals surface area contributed by atoms with Gasteiger partial charge in [-0.25, -0.2) is 0 Å². The second-order valence-corrected chi connectivity index (χ2v) is 4.81. The molecule has 0 radical (unpaired) electrons. The Morgan fingerprint density at radius 2 is 1.80 bits per heavy atom. The van der Waals surface area contributed by atoms with E-state index in [1.165, 1.54) is 5.69 Å². The van der Waals surface area contributed by atoms with E-state index in [9.17, 15) is 0 Å². The van der Waals surface area contributed by atoms with Gasteiger partial charge in [0.25, 0.3) is 0 Å². The number of isothiocyanates is 1. The first kappa shape index (κ1) is 16.8. The number of hydrogen-bond acceptors (Lipinski definition) is 5. The van der Waals surface area contributed by atoms with Crippen LogP contribution in [0, 0.1) is 0 Å². The van der Waals surface area contributed by atoms with Crippen LogP contribution in [0.1, 0.15) is 13.8 Å². The molecule has 1 saturated heterocycles. The van der Waals surface area contributed by atoms with Gasteiger partial charge in [-0.05, 0) is 42.9 Å². The number of thiocarbonyl (C=S) groups is 1. The number of aliphatic imine (C=N–C) groups is 1. The molecular formula is C15H23N3OS. The van der Waals surface area contributed by atoms with E-state index >= 15 is 0 Å². The van der Waals surface area contributed by atoms with Gasteiger partial charge in [0, 0.05) is 45.0 Å². The minimum Gasteiger partial charge on any atom is -0.396 e. The molecule has 1 fully saturated rings. The number of hydrogen-bond donors (Lipinski definition) is 1. The Balaban J connectivity index is 0.00000200. The lowest BCUT2D eigenvalue weighted by molar-refractivity contribution is 0.216. The van der Waals surface area contributed by atoms with Crippen molar-refractivity contribution in [3.8, 4) is 0 Å². The molecule has 0 aliphatic carbocycles. The summed E-state index contributed by atoms with van der Waals surface area (Å²) in [6.45, 7) is 5.44. The highest BCUT2D eigenvalue weighted by atomic mass is 32.1. The summed E-state index contributed by atoms with van der Waals surface area (Å²) >= 11 is 4.59. The maximum Gasteiger partial charge on any atom is 0.0741 e. The van der Waals surface area contributed by atoms with Gasteiger partial charge in [-0.2, -0.15) is 4.99 Å². The van der Waals surface area contributed by atoms with Crippen molar-refractivity contribution < 1.29 is 5.11 Å². The largest absolute Gasteiger partial charge is 0.396 e. The van der Waals surface area contributed by atoms with E-state index in [2.05, 4.69) is 44.3 Å². The van der Waals surface area contributed by atoms with E-state index in [4.69, 9.17) is 5.11 Å². The molecule has 1 heterocycles. The fourth-order valence-electron chi connectivity index (χ4n) is 2.31. The molecule has 0 unspecified atom stereocenters. The van der Waals surface area contributed by atoms with Gasteiger partial charge in [0.2, 0.25) is 0 Å². The first-order valence-electron chi connectivity index (χ1n) is 6.59. The molecular weight excluding hydrogens is 270 g/mol. The fraction of sp³-hybridized carbons (Fsp3) is 0.533. The molecule has 0 bridgehead atoms. The number of anilines is 1. The normalized spacial score (nSPS) is 15.3. The summed E-state index contributed by atoms with van der Waals surface area (Å²) in [5, 5.41) is 11.2. The average molecular weight is 293 g/mol. The van der Waals surface area contributed by atoms with E-state index in [0.717, 1.165) is 44.8 Å². The Hall–Kier alpha value is -1.26. The number of rotatable bonds is 5. The van der Waals surface area contributed by atoms with Crippen LogP contribution in [0.2, 0.25) is 0 Å². The van der Waals surface area contributed by atoms with Crippen LogP contribution < -0.4 is 4.90 Å². The summed E-state index contributed by atoms with van der Waals surface area (Å²) in [6, 6.07) is 8.09. The molecule has 0 atom stereocenters. The smallest absolute Gasteiger partial charge is 0.0741 e. The topological polar surface area (TPSA) is 39.1 Å². The molecule has 4 nitrogen and oxygen atoms in total. The zero-order chi connectivity index (χ0) is 13.5. The zero-order valence-corrected chi connectivity index (χ0v) is 11.8. The SMILES string of the molecule is C.OCCCN1CCN(c2ccc(N=C=S)cc2)CC1. The van der Waals surface area contributed by atoms with Gasteiger partial charge in [-0.1, -0.05) is 7.43 Å². The van der Waals surface area contributed by atoms with Crippen LogP contribution >= 0.6 is 12.2 Å². The molecule has 2 rings (SSSR count). The summed E-state index contributed by atoms with van der Waals surface area (Å²) < 4.78 is 0. The van der Waals surface area contributed by atoms with Crippen LogP contribution in [-0.2, 0) is 0 Å². The lowest BCUT2D eigenvalue weighted by Gasteiger charge is -2.36. The predicted molar refractivity (Wildman–Crippen MR) is 88.2 cm³/mol. The lowest BCUT2D eigenvalue weighted by Crippen LogP contribution is -2.46. The van der Waals surface area contributed by atoms with E-state index in [-0.39, 0.29) is 14.0 Å². The van der Waals surface area contributed by atoms with Gasteiger partial charge < -0.3 is 10.0 Å². The van der Waals surface area contributed by atoms with Crippen molar-refractivity contribution in [1.29, 1.82) is 0 Å². The summed E-state index contributed by atoms with van der Waals surface area (Å²) in [5.74, 6) is 0. The van der Waals surface area contributed by atoms with Crippen LogP contribution in [0.5, 0.6) is 0 Å². The summed E-state index contributed by atoms with van der Waals surface area (Å²) in [5.41, 5.74) is 2.07. The van der Waals surface area contributed by atoms with Gasteiger partial charge in [0.1, 0.15) is 0 Å². The number of aliphatic hydroxyl groups is 1. The van der Waals surface area contributed by atoms with Gasteiger partial charge >= 0.3 is 0 Å². The third-order valence-corrected chi connectivity index (χ3v) is 3.49. The summed E-state index contributed by atoms with van der Waals surface area (Å²) in [4.78, 5) is 8.73. The zero-order valence-electron chi connectivity index (χ0n) is 11.0. The summed E-state index contributed by atoms with van der Waals surface area (Å²) in [6.07, 6.45) is 0.865. The van der Waals surface area contributed by atoms with Crippen LogP contribution in [0.25, 0.3) is 0 Å². The molecule has 0 amide bonds. The Bertz CT molecular complexity index is 435. The molecule has 0 spiro atoms. The monoisotopic (exact) mass is 293 g/mol. The standard InChI is InChI=1S/C14H19N3OS.CH4/c18-11-1-6-16-7-9-17(10-8-16)14-4-2-13(3-5-14)15-12-19;/h2-5,18H,1,6-11H2;1H4. The van der Waals surface area contributed by atoms with Crippen molar-refractivity contribution in [2.24, 2.45) is 4.99 Å². The molecule has 1 aliphatic heterocycles. The second kappa shape index (κ2) is 8.82. The average Bonchev–Trinajstić information content (AvgIpc) is 2.47. The van der Waals surface area contributed by atoms with Crippen LogP contribution in [0.4, 0.5) is 11.4 Å². The number of benzene rings is 1. The van der Waals surface area contributed by atoms with Gasteiger partial charge in [-0.15, -0.1) is 0 Å². The van der Waals surface area contributed by atoms with Crippen LogP contribution in [0.3, 0.4) is 0 Å². The highest BCUT2D eigenvalue weighted by Gasteiger charge is 2.16. The van der Waals surface area contributed by atoms with E-state index in [0.29, 0.717) is 0 Å². The van der Waals surface area contributed by atoms with E-state index in [1.54, 1.807) is 0 Å². The van der Waals surface area contributed by atoms with Crippen LogP contribution in [-0.4, -0.2) is 54.5 Å². The van der Waals surface area contributed by atoms with Gasteiger partial charge in [0.05, 0.1) is 10.8 Å². The molecule has 5 heteroatoms. The van der Waals surface area contributed by atoms with Crippen molar-refractivity contribution in [3.05, 3.63) is 24.3 Å². The minimum atomic E-state index is 0. The number of piperazine rings is 1. The fourth-order valence-corrected chi connectivity index (χ4v) is 2.42. The van der Waals surface area contributed by atoms with Crippen molar-refractivity contribution >= 4 is 28.8 Å². The quantitative estimate of drug-likeness (QED) is 0.669. The maximum atomic E-state index is 8.84. The molecule has 0 saturated carbocycles. The minimum absolute atomic E-state index is 0. The lowest BCUT2D eigenvalue weighted by atomic mass is 10.2. The highest BCUT2D eigenvalue weighted by Crippen LogP contribution is 2.20. The molecule has 1 N–H and O–H groups in total. The first-order chi connectivity index (χ1) is 9.33. The predicted octanol–water partition coefficient (Wildman–Crippen LogP) is 2.56. The Morgan fingerprint density at radius 1 is 1.15 bits per heavy atom. The molecule has 0 aromatic heterocycles. The van der Waals surface area contributed by atoms with Gasteiger partial charge in [-0.3, -0.25) is 4.90 Å². The first-order valence-corrected chi connectivity index (χ1v) is 7.00. The van der Waals surface area contributed by atoms with E-state index in [1.807, 2.05) is 12.1 Å². The second-order valence-electron chi connectivity index (χ2n) is 4.63. The molecule has 1 aromatic carbocycles. The van der Waals surface area contributed by atoms with Crippen molar-refractivity contribution in [3.63, 3.8) is 0 Å². The van der Waals surface area contributed by atoms with Crippen molar-refractivity contribution in [2.75, 3.05) is 44.2 Å². The molecule has 1 aliphatic rings. The van der Waals surface area contributed by atoms with Crippen molar-refractivity contribution in [1.82, 2.24) is 4.90 Å². The molecule has 20 heavy (non-hydrogen) atoms. The number of aliphatic hydroxyl groups excluding tert-OH is 1. The Morgan fingerprint density at radius 3 is 2.35 bits per heavy atom. The molecule has 110 valence electrons. The maximum absolute atomic E-state index is 8.84.